The quantitative estimate of drug-likeness (QED) is 0.708. The van der Waals surface area contributed by atoms with Gasteiger partial charge in [-0.05, 0) is 69.3 Å². The number of amides is 3. The predicted octanol–water partition coefficient (Wildman–Crippen LogP) is 4.35. The van der Waals surface area contributed by atoms with E-state index in [0.717, 1.165) is 11.4 Å². The lowest BCUT2D eigenvalue weighted by Crippen LogP contribution is -2.54. The lowest BCUT2D eigenvalue weighted by Gasteiger charge is -2.36. The Labute approximate surface area is 188 Å². The third-order valence-electron chi connectivity index (χ3n) is 5.45. The van der Waals surface area contributed by atoms with Crippen LogP contribution in [-0.2, 0) is 4.74 Å². The number of carbonyl (C=O) groups excluding carboxylic acids is 2. The van der Waals surface area contributed by atoms with Gasteiger partial charge in [-0.2, -0.15) is 0 Å². The second-order valence-electron chi connectivity index (χ2n) is 8.94. The van der Waals surface area contributed by atoms with Crippen molar-refractivity contribution >= 4 is 17.8 Å². The van der Waals surface area contributed by atoms with E-state index in [0.29, 0.717) is 37.7 Å². The van der Waals surface area contributed by atoms with Gasteiger partial charge in [0.15, 0.2) is 0 Å². The lowest BCUT2D eigenvalue weighted by atomic mass is 10.2. The van der Waals surface area contributed by atoms with E-state index in [1.807, 2.05) is 74.2 Å². The number of rotatable bonds is 4. The average molecular weight is 440 g/mol. The maximum Gasteiger partial charge on any atom is 0.410 e. The molecular formula is C24H29N3O5. The van der Waals surface area contributed by atoms with Crippen molar-refractivity contribution in [3.8, 4) is 17.2 Å². The molecule has 2 saturated heterocycles. The normalized spacial score (nSPS) is 18.4. The summed E-state index contributed by atoms with van der Waals surface area (Å²) >= 11 is 0. The lowest BCUT2D eigenvalue weighted by molar-refractivity contribution is 0.0128. The first-order valence-electron chi connectivity index (χ1n) is 10.7. The molecule has 2 aromatic rings. The van der Waals surface area contributed by atoms with E-state index < -0.39 is 5.60 Å². The Morgan fingerprint density at radius 1 is 0.906 bits per heavy atom. The van der Waals surface area contributed by atoms with Crippen molar-refractivity contribution in [3.05, 3.63) is 48.5 Å². The first kappa shape index (κ1) is 21.8. The van der Waals surface area contributed by atoms with Crippen LogP contribution in [0.4, 0.5) is 15.3 Å². The highest BCUT2D eigenvalue weighted by Crippen LogP contribution is 2.30. The van der Waals surface area contributed by atoms with E-state index in [1.165, 1.54) is 0 Å². The standard InChI is InChI=1S/C24H29N3O5/c1-24(2,3)32-23(29)25-13-14-26-18(15-25)16-27(22(26)28)17-5-7-20(8-6-17)31-21-11-9-19(30-4)10-12-21/h5-12,18H,13-16H2,1-4H3/t18-/m0/s1. The molecule has 0 bridgehead atoms. The van der Waals surface area contributed by atoms with Crippen molar-refractivity contribution in [2.45, 2.75) is 32.4 Å². The highest BCUT2D eigenvalue weighted by molar-refractivity contribution is 5.95. The van der Waals surface area contributed by atoms with Crippen LogP contribution in [0.2, 0.25) is 0 Å². The van der Waals surface area contributed by atoms with E-state index >= 15 is 0 Å². The van der Waals surface area contributed by atoms with Crippen molar-refractivity contribution in [1.82, 2.24) is 9.80 Å². The number of piperazine rings is 1. The van der Waals surface area contributed by atoms with Crippen LogP contribution < -0.4 is 14.4 Å². The van der Waals surface area contributed by atoms with Crippen molar-refractivity contribution in [2.24, 2.45) is 0 Å². The number of fused-ring (bicyclic) bond motifs is 1. The molecule has 0 unspecified atom stereocenters. The van der Waals surface area contributed by atoms with Gasteiger partial charge in [0.05, 0.1) is 13.2 Å². The molecule has 0 aromatic heterocycles. The summed E-state index contributed by atoms with van der Waals surface area (Å²) in [7, 11) is 1.62. The molecule has 2 heterocycles. The highest BCUT2D eigenvalue weighted by Gasteiger charge is 2.42. The van der Waals surface area contributed by atoms with Crippen LogP contribution >= 0.6 is 0 Å². The third-order valence-corrected chi connectivity index (χ3v) is 5.45. The van der Waals surface area contributed by atoms with Crippen LogP contribution in [0.15, 0.2) is 48.5 Å². The van der Waals surface area contributed by atoms with Crippen molar-refractivity contribution in [3.63, 3.8) is 0 Å². The molecule has 0 radical (unpaired) electrons. The molecule has 8 heteroatoms. The fourth-order valence-electron chi connectivity index (χ4n) is 3.89. The zero-order valence-electron chi connectivity index (χ0n) is 18.9. The fraction of sp³-hybridized carbons (Fsp3) is 0.417. The smallest absolute Gasteiger partial charge is 0.410 e. The summed E-state index contributed by atoms with van der Waals surface area (Å²) in [4.78, 5) is 30.7. The third kappa shape index (κ3) is 4.74. The Bertz CT molecular complexity index is 969. The Hall–Kier alpha value is -3.42. The maximum absolute atomic E-state index is 13.0. The van der Waals surface area contributed by atoms with Crippen LogP contribution in [-0.4, -0.2) is 66.9 Å². The summed E-state index contributed by atoms with van der Waals surface area (Å²) < 4.78 is 16.5. The predicted molar refractivity (Wildman–Crippen MR) is 121 cm³/mol. The SMILES string of the molecule is COc1ccc(Oc2ccc(N3C[C@@H]4CN(C(=O)OC(C)(C)C)CCN4C3=O)cc2)cc1. The van der Waals surface area contributed by atoms with Gasteiger partial charge in [-0.15, -0.1) is 0 Å². The summed E-state index contributed by atoms with van der Waals surface area (Å²) in [6.07, 6.45) is -0.330. The Morgan fingerprint density at radius 3 is 2.09 bits per heavy atom. The van der Waals surface area contributed by atoms with Gasteiger partial charge in [-0.1, -0.05) is 0 Å². The zero-order valence-corrected chi connectivity index (χ0v) is 18.9. The number of anilines is 1. The molecule has 32 heavy (non-hydrogen) atoms. The molecule has 170 valence electrons. The topological polar surface area (TPSA) is 71.6 Å². The maximum atomic E-state index is 13.0. The van der Waals surface area contributed by atoms with Crippen molar-refractivity contribution < 1.29 is 23.8 Å². The van der Waals surface area contributed by atoms with Gasteiger partial charge in [-0.3, -0.25) is 4.90 Å². The minimum Gasteiger partial charge on any atom is -0.497 e. The molecule has 3 amide bonds. The molecular weight excluding hydrogens is 410 g/mol. The molecule has 2 aliphatic rings. The van der Waals surface area contributed by atoms with E-state index in [-0.39, 0.29) is 18.2 Å². The van der Waals surface area contributed by atoms with E-state index in [4.69, 9.17) is 14.2 Å². The molecule has 0 aliphatic carbocycles. The second kappa shape index (κ2) is 8.61. The summed E-state index contributed by atoms with van der Waals surface area (Å²) in [5, 5.41) is 0. The monoisotopic (exact) mass is 439 g/mol. The Morgan fingerprint density at radius 2 is 1.50 bits per heavy atom. The van der Waals surface area contributed by atoms with Gasteiger partial charge in [0.1, 0.15) is 22.8 Å². The van der Waals surface area contributed by atoms with Crippen LogP contribution in [0.25, 0.3) is 0 Å². The fourth-order valence-corrected chi connectivity index (χ4v) is 3.89. The minimum atomic E-state index is -0.540. The zero-order chi connectivity index (χ0) is 22.9. The summed E-state index contributed by atoms with van der Waals surface area (Å²) in [6, 6.07) is 14.7. The van der Waals surface area contributed by atoms with Crippen LogP contribution in [0.1, 0.15) is 20.8 Å². The molecule has 0 N–H and O–H groups in total. The highest BCUT2D eigenvalue weighted by atomic mass is 16.6. The molecule has 0 saturated carbocycles. The van der Waals surface area contributed by atoms with E-state index in [9.17, 15) is 9.59 Å². The van der Waals surface area contributed by atoms with Crippen molar-refractivity contribution in [1.29, 1.82) is 0 Å². The molecule has 2 aliphatic heterocycles. The number of hydrogen-bond acceptors (Lipinski definition) is 5. The van der Waals surface area contributed by atoms with Gasteiger partial charge in [0, 0.05) is 31.9 Å². The Balaban J connectivity index is 1.39. The number of hydrogen-bond donors (Lipinski definition) is 0. The number of carbonyl (C=O) groups is 2. The largest absolute Gasteiger partial charge is 0.497 e. The molecule has 2 aromatic carbocycles. The van der Waals surface area contributed by atoms with Crippen LogP contribution in [0.5, 0.6) is 17.2 Å². The van der Waals surface area contributed by atoms with Gasteiger partial charge >= 0.3 is 12.1 Å². The second-order valence-corrected chi connectivity index (χ2v) is 8.94. The number of ether oxygens (including phenoxy) is 3. The van der Waals surface area contributed by atoms with Gasteiger partial charge in [0.25, 0.3) is 0 Å². The number of benzene rings is 2. The van der Waals surface area contributed by atoms with Crippen LogP contribution in [0.3, 0.4) is 0 Å². The summed E-state index contributed by atoms with van der Waals surface area (Å²) in [6.45, 7) is 7.52. The molecule has 8 nitrogen and oxygen atoms in total. The van der Waals surface area contributed by atoms with Crippen molar-refractivity contribution in [2.75, 3.05) is 38.2 Å². The number of methoxy groups -OCH3 is 1. The summed E-state index contributed by atoms with van der Waals surface area (Å²) in [5.41, 5.74) is 0.261. The van der Waals surface area contributed by atoms with Gasteiger partial charge in [-0.25, -0.2) is 9.59 Å². The minimum absolute atomic E-state index is 0.0392. The van der Waals surface area contributed by atoms with Gasteiger partial charge in [0.2, 0.25) is 0 Å². The molecule has 1 atom stereocenters. The first-order valence-corrected chi connectivity index (χ1v) is 10.7. The molecule has 2 fully saturated rings. The molecule has 4 rings (SSSR count). The number of nitrogens with zero attached hydrogens (tertiary/aromatic N) is 3. The summed E-state index contributed by atoms with van der Waals surface area (Å²) in [5.74, 6) is 2.15. The van der Waals surface area contributed by atoms with Gasteiger partial charge < -0.3 is 24.0 Å². The van der Waals surface area contributed by atoms with E-state index in [2.05, 4.69) is 0 Å². The Kier molecular flexibility index (Phi) is 5.86. The number of urea groups is 1. The first-order chi connectivity index (χ1) is 15.2. The van der Waals surface area contributed by atoms with Crippen LogP contribution in [0, 0.1) is 0 Å². The average Bonchev–Trinajstić information content (AvgIpc) is 3.09. The molecule has 0 spiro atoms. The van der Waals surface area contributed by atoms with E-state index in [1.54, 1.807) is 16.9 Å².